The zero-order chi connectivity index (χ0) is 13.7. The quantitative estimate of drug-likeness (QED) is 0.872. The molecule has 1 unspecified atom stereocenters. The fourth-order valence-corrected chi connectivity index (χ4v) is 3.45. The summed E-state index contributed by atoms with van der Waals surface area (Å²) in [4.78, 5) is 10.8. The summed E-state index contributed by atoms with van der Waals surface area (Å²) in [6.45, 7) is 1.23. The second-order valence-electron chi connectivity index (χ2n) is 4.73. The van der Waals surface area contributed by atoms with Crippen LogP contribution in [0.3, 0.4) is 0 Å². The van der Waals surface area contributed by atoms with Crippen molar-refractivity contribution < 1.29 is 14.3 Å². The smallest absolute Gasteiger partial charge is 0.335 e. The fourth-order valence-electron chi connectivity index (χ4n) is 2.18. The molecule has 1 aromatic rings. The van der Waals surface area contributed by atoms with Gasteiger partial charge in [0.2, 0.25) is 0 Å². The number of rotatable bonds is 5. The Bertz CT molecular complexity index is 447. The van der Waals surface area contributed by atoms with Crippen LogP contribution >= 0.6 is 11.8 Å². The lowest BCUT2D eigenvalue weighted by Gasteiger charge is -2.21. The van der Waals surface area contributed by atoms with Gasteiger partial charge in [-0.15, -0.1) is 0 Å². The van der Waals surface area contributed by atoms with Gasteiger partial charge in [-0.05, 0) is 36.8 Å². The summed E-state index contributed by atoms with van der Waals surface area (Å²) in [5.41, 5.74) is 0.547. The van der Waals surface area contributed by atoms with Crippen LogP contribution in [0.2, 0.25) is 0 Å². The van der Waals surface area contributed by atoms with Crippen molar-refractivity contribution in [1.29, 1.82) is 0 Å². The fraction of sp³-hybridized carbons (Fsp3) is 0.500. The zero-order valence-corrected chi connectivity index (χ0v) is 11.5. The highest BCUT2D eigenvalue weighted by Crippen LogP contribution is 2.24. The summed E-state index contributed by atoms with van der Waals surface area (Å²) in [5, 5.41) is 12.7. The van der Waals surface area contributed by atoms with E-state index in [4.69, 9.17) is 5.11 Å². The van der Waals surface area contributed by atoms with E-state index in [1.165, 1.54) is 43.2 Å². The maximum Gasteiger partial charge on any atom is 0.335 e. The lowest BCUT2D eigenvalue weighted by Crippen LogP contribution is -2.26. The number of carboxylic acids is 1. The minimum Gasteiger partial charge on any atom is -0.478 e. The van der Waals surface area contributed by atoms with Crippen molar-refractivity contribution in [2.24, 2.45) is 0 Å². The third kappa shape index (κ3) is 4.21. The Balaban J connectivity index is 1.87. The first kappa shape index (κ1) is 14.3. The molecule has 1 fully saturated rings. The number of nitrogens with one attached hydrogen (secondary N) is 1. The lowest BCUT2D eigenvalue weighted by atomic mass is 10.1. The predicted octanol–water partition coefficient (Wildman–Crippen LogP) is 2.90. The topological polar surface area (TPSA) is 49.3 Å². The number of hydrogen-bond donors (Lipinski definition) is 2. The van der Waals surface area contributed by atoms with Crippen LogP contribution in [0.1, 0.15) is 35.2 Å². The molecule has 1 saturated heterocycles. The highest BCUT2D eigenvalue weighted by Gasteiger charge is 2.14. The van der Waals surface area contributed by atoms with Crippen molar-refractivity contribution in [2.45, 2.75) is 31.1 Å². The molecule has 3 nitrogen and oxygen atoms in total. The van der Waals surface area contributed by atoms with Crippen LogP contribution in [0.4, 0.5) is 4.39 Å². The molecule has 1 atom stereocenters. The van der Waals surface area contributed by atoms with E-state index in [0.29, 0.717) is 17.4 Å². The van der Waals surface area contributed by atoms with Crippen molar-refractivity contribution >= 4 is 17.7 Å². The van der Waals surface area contributed by atoms with Crippen LogP contribution in [-0.4, -0.2) is 28.6 Å². The number of benzene rings is 1. The molecule has 1 aliphatic rings. The van der Waals surface area contributed by atoms with Crippen molar-refractivity contribution in [2.75, 3.05) is 12.3 Å². The number of halogens is 1. The maximum atomic E-state index is 13.6. The van der Waals surface area contributed by atoms with E-state index in [1.54, 1.807) is 0 Å². The van der Waals surface area contributed by atoms with Gasteiger partial charge in [-0.3, -0.25) is 0 Å². The highest BCUT2D eigenvalue weighted by atomic mass is 32.2. The summed E-state index contributed by atoms with van der Waals surface area (Å²) < 4.78 is 13.6. The molecular formula is C14H18FNO2S. The number of hydrogen-bond acceptors (Lipinski definition) is 3. The Labute approximate surface area is 116 Å². The molecule has 1 aliphatic heterocycles. The first-order valence-electron chi connectivity index (χ1n) is 6.51. The molecule has 5 heteroatoms. The molecule has 1 heterocycles. The molecule has 0 spiro atoms. The SMILES string of the molecule is O=C(O)c1ccc(F)c(CNCC2CCCCS2)c1. The molecule has 0 aliphatic carbocycles. The van der Waals surface area contributed by atoms with Gasteiger partial charge < -0.3 is 10.4 Å². The van der Waals surface area contributed by atoms with Gasteiger partial charge >= 0.3 is 5.97 Å². The molecule has 0 amide bonds. The van der Waals surface area contributed by atoms with Gasteiger partial charge in [0, 0.05) is 23.9 Å². The van der Waals surface area contributed by atoms with Crippen LogP contribution in [0.25, 0.3) is 0 Å². The largest absolute Gasteiger partial charge is 0.478 e. The van der Waals surface area contributed by atoms with Gasteiger partial charge in [-0.1, -0.05) is 6.42 Å². The van der Waals surface area contributed by atoms with E-state index in [0.717, 1.165) is 6.54 Å². The number of carbonyl (C=O) groups is 1. The van der Waals surface area contributed by atoms with Crippen LogP contribution in [-0.2, 0) is 6.54 Å². The van der Waals surface area contributed by atoms with E-state index in [2.05, 4.69) is 5.32 Å². The summed E-state index contributed by atoms with van der Waals surface area (Å²) in [5.74, 6) is -0.173. The molecular weight excluding hydrogens is 265 g/mol. The van der Waals surface area contributed by atoms with Crippen LogP contribution in [0.15, 0.2) is 18.2 Å². The second kappa shape index (κ2) is 6.91. The zero-order valence-electron chi connectivity index (χ0n) is 10.7. The Hall–Kier alpha value is -1.07. The van der Waals surface area contributed by atoms with Crippen molar-refractivity contribution in [3.05, 3.63) is 35.1 Å². The minimum atomic E-state index is -1.02. The number of aromatic carboxylic acids is 1. The Kier molecular flexibility index (Phi) is 5.22. The average molecular weight is 283 g/mol. The average Bonchev–Trinajstić information content (AvgIpc) is 2.42. The molecule has 0 saturated carbocycles. The van der Waals surface area contributed by atoms with Gasteiger partial charge in [0.15, 0.2) is 0 Å². The Morgan fingerprint density at radius 1 is 1.47 bits per heavy atom. The summed E-state index contributed by atoms with van der Waals surface area (Å²) in [7, 11) is 0. The lowest BCUT2D eigenvalue weighted by molar-refractivity contribution is 0.0696. The summed E-state index contributed by atoms with van der Waals surface area (Å²) in [6.07, 6.45) is 3.76. The first-order chi connectivity index (χ1) is 9.16. The van der Waals surface area contributed by atoms with Crippen molar-refractivity contribution in [3.8, 4) is 0 Å². The molecule has 0 bridgehead atoms. The highest BCUT2D eigenvalue weighted by molar-refractivity contribution is 7.99. The molecule has 104 valence electrons. The van der Waals surface area contributed by atoms with Crippen LogP contribution < -0.4 is 5.32 Å². The van der Waals surface area contributed by atoms with E-state index in [9.17, 15) is 9.18 Å². The summed E-state index contributed by atoms with van der Waals surface area (Å²) >= 11 is 1.96. The van der Waals surface area contributed by atoms with E-state index < -0.39 is 5.97 Å². The monoisotopic (exact) mass is 283 g/mol. The van der Waals surface area contributed by atoms with Crippen molar-refractivity contribution in [1.82, 2.24) is 5.32 Å². The Morgan fingerprint density at radius 2 is 2.32 bits per heavy atom. The third-order valence-corrected chi connectivity index (χ3v) is 4.65. The molecule has 1 aromatic carbocycles. The van der Waals surface area contributed by atoms with Crippen LogP contribution in [0.5, 0.6) is 0 Å². The predicted molar refractivity (Wildman–Crippen MR) is 75.2 cm³/mol. The van der Waals surface area contributed by atoms with Crippen LogP contribution in [0, 0.1) is 5.82 Å². The summed E-state index contributed by atoms with van der Waals surface area (Å²) in [6, 6.07) is 3.91. The second-order valence-corrected chi connectivity index (χ2v) is 6.14. The molecule has 2 N–H and O–H groups in total. The molecule has 2 rings (SSSR count). The maximum absolute atomic E-state index is 13.6. The number of thioether (sulfide) groups is 1. The molecule has 19 heavy (non-hydrogen) atoms. The number of carboxylic acid groups (broad SMARTS) is 1. The van der Waals surface area contributed by atoms with Gasteiger partial charge in [0.1, 0.15) is 5.82 Å². The normalized spacial score (nSPS) is 19.3. The van der Waals surface area contributed by atoms with E-state index >= 15 is 0 Å². The van der Waals surface area contributed by atoms with Gasteiger partial charge in [0.05, 0.1) is 5.56 Å². The minimum absolute atomic E-state index is 0.130. The first-order valence-corrected chi connectivity index (χ1v) is 7.56. The van der Waals surface area contributed by atoms with Crippen molar-refractivity contribution in [3.63, 3.8) is 0 Å². The molecule has 0 aromatic heterocycles. The standard InChI is InChI=1S/C14H18FNO2S/c15-13-5-4-10(14(17)18)7-11(13)8-16-9-12-3-1-2-6-19-12/h4-5,7,12,16H,1-3,6,8-9H2,(H,17,18). The third-order valence-electron chi connectivity index (χ3n) is 3.25. The van der Waals surface area contributed by atoms with Gasteiger partial charge in [-0.25, -0.2) is 9.18 Å². The van der Waals surface area contributed by atoms with Gasteiger partial charge in [0.25, 0.3) is 0 Å². The van der Waals surface area contributed by atoms with Gasteiger partial charge in [-0.2, -0.15) is 11.8 Å². The van der Waals surface area contributed by atoms with E-state index in [1.807, 2.05) is 11.8 Å². The van der Waals surface area contributed by atoms with E-state index in [-0.39, 0.29) is 11.4 Å². The molecule has 0 radical (unpaired) electrons. The Morgan fingerprint density at radius 3 is 3.00 bits per heavy atom.